The zero-order valence-corrected chi connectivity index (χ0v) is 9.97. The van der Waals surface area contributed by atoms with Gasteiger partial charge in [-0.1, -0.05) is 36.4 Å². The molecule has 0 spiro atoms. The van der Waals surface area contributed by atoms with Gasteiger partial charge in [0.05, 0.1) is 7.11 Å². The maximum atomic E-state index is 11.2. The van der Waals surface area contributed by atoms with Crippen molar-refractivity contribution in [3.8, 4) is 16.9 Å². The number of hydrogen-bond acceptors (Lipinski definition) is 3. The maximum Gasteiger partial charge on any atom is 0.513 e. The van der Waals surface area contributed by atoms with Crippen molar-refractivity contribution in [1.82, 2.24) is 0 Å². The lowest BCUT2D eigenvalue weighted by Crippen LogP contribution is -2.08. The van der Waals surface area contributed by atoms with E-state index in [4.69, 9.17) is 4.74 Å². The Morgan fingerprint density at radius 3 is 2.67 bits per heavy atom. The first-order valence-electron chi connectivity index (χ1n) is 5.75. The summed E-state index contributed by atoms with van der Waals surface area (Å²) in [4.78, 5) is 11.2. The lowest BCUT2D eigenvalue weighted by atomic mass is 10.1. The van der Waals surface area contributed by atoms with E-state index in [-0.39, 0.29) is 0 Å². The van der Waals surface area contributed by atoms with Crippen LogP contribution < -0.4 is 4.74 Å². The highest BCUT2D eigenvalue weighted by Gasteiger charge is 2.22. The fraction of sp³-hybridized carbons (Fsp3) is 0.133. The lowest BCUT2D eigenvalue weighted by molar-refractivity contribution is 0.121. The predicted molar refractivity (Wildman–Crippen MR) is 67.7 cm³/mol. The molecule has 3 heteroatoms. The molecule has 1 aliphatic rings. The summed E-state index contributed by atoms with van der Waals surface area (Å²) in [6.45, 7) is 0. The van der Waals surface area contributed by atoms with Crippen LogP contribution in [0.1, 0.15) is 11.1 Å². The summed E-state index contributed by atoms with van der Waals surface area (Å²) in [7, 11) is 1.31. The molecule has 0 saturated carbocycles. The second kappa shape index (κ2) is 4.18. The highest BCUT2D eigenvalue weighted by atomic mass is 16.7. The van der Waals surface area contributed by atoms with Crippen molar-refractivity contribution in [2.45, 2.75) is 6.42 Å². The van der Waals surface area contributed by atoms with Crippen LogP contribution in [0.2, 0.25) is 0 Å². The van der Waals surface area contributed by atoms with Crippen LogP contribution in [0.4, 0.5) is 4.79 Å². The van der Waals surface area contributed by atoms with Gasteiger partial charge in [0.15, 0.2) is 0 Å². The molecule has 0 N–H and O–H groups in total. The van der Waals surface area contributed by atoms with Crippen LogP contribution in [0, 0.1) is 0 Å². The van der Waals surface area contributed by atoms with Crippen LogP contribution >= 0.6 is 0 Å². The molecule has 2 aromatic carbocycles. The Balaban J connectivity index is 2.06. The number of hydrogen-bond donors (Lipinski definition) is 0. The second-order valence-electron chi connectivity index (χ2n) is 4.17. The zero-order valence-electron chi connectivity index (χ0n) is 9.97. The predicted octanol–water partition coefficient (Wildman–Crippen LogP) is 3.40. The Hall–Kier alpha value is -2.29. The maximum absolute atomic E-state index is 11.2. The average Bonchev–Trinajstić information content (AvgIpc) is 2.78. The average molecular weight is 240 g/mol. The molecule has 3 rings (SSSR count). The third-order valence-corrected chi connectivity index (χ3v) is 3.17. The van der Waals surface area contributed by atoms with E-state index >= 15 is 0 Å². The van der Waals surface area contributed by atoms with E-state index in [0.717, 1.165) is 17.5 Å². The molecule has 0 amide bonds. The zero-order chi connectivity index (χ0) is 12.5. The smallest absolute Gasteiger partial charge is 0.437 e. The normalized spacial score (nSPS) is 11.6. The largest absolute Gasteiger partial charge is 0.513 e. The number of benzene rings is 2. The van der Waals surface area contributed by atoms with Gasteiger partial charge in [-0.3, -0.25) is 0 Å². The molecule has 0 heterocycles. The molecule has 90 valence electrons. The molecule has 18 heavy (non-hydrogen) atoms. The monoisotopic (exact) mass is 240 g/mol. The summed E-state index contributed by atoms with van der Waals surface area (Å²) in [6, 6.07) is 13.9. The first-order chi connectivity index (χ1) is 8.79. The summed E-state index contributed by atoms with van der Waals surface area (Å²) in [5.74, 6) is 0.579. The van der Waals surface area contributed by atoms with Gasteiger partial charge in [0, 0.05) is 12.0 Å². The Bertz CT molecular complexity index is 617. The highest BCUT2D eigenvalue weighted by molar-refractivity contribution is 5.80. The van der Waals surface area contributed by atoms with Gasteiger partial charge in [0.25, 0.3) is 0 Å². The first kappa shape index (κ1) is 10.8. The number of carbonyl (C=O) groups excluding carboxylic acids is 1. The lowest BCUT2D eigenvalue weighted by Gasteiger charge is -2.07. The number of ether oxygens (including phenoxy) is 2. The van der Waals surface area contributed by atoms with Gasteiger partial charge in [-0.2, -0.15) is 0 Å². The van der Waals surface area contributed by atoms with Crippen LogP contribution in [0.25, 0.3) is 11.1 Å². The number of methoxy groups -OCH3 is 1. The van der Waals surface area contributed by atoms with Gasteiger partial charge in [0.2, 0.25) is 0 Å². The Morgan fingerprint density at radius 2 is 1.83 bits per heavy atom. The summed E-state index contributed by atoms with van der Waals surface area (Å²) < 4.78 is 9.71. The molecule has 0 atom stereocenters. The van der Waals surface area contributed by atoms with E-state index in [1.165, 1.54) is 18.2 Å². The van der Waals surface area contributed by atoms with Gasteiger partial charge in [-0.15, -0.1) is 0 Å². The molecule has 0 saturated heterocycles. The molecule has 0 radical (unpaired) electrons. The molecular weight excluding hydrogens is 228 g/mol. The topological polar surface area (TPSA) is 35.5 Å². The van der Waals surface area contributed by atoms with Gasteiger partial charge in [-0.05, 0) is 22.8 Å². The van der Waals surface area contributed by atoms with Crippen LogP contribution in [0.5, 0.6) is 5.75 Å². The minimum absolute atomic E-state index is 0.579. The number of fused-ring (bicyclic) bond motifs is 3. The molecular formula is C15H12O3. The van der Waals surface area contributed by atoms with Crippen molar-refractivity contribution in [3.63, 3.8) is 0 Å². The van der Waals surface area contributed by atoms with E-state index in [1.54, 1.807) is 6.07 Å². The first-order valence-corrected chi connectivity index (χ1v) is 5.75. The van der Waals surface area contributed by atoms with Crippen LogP contribution in [-0.4, -0.2) is 13.3 Å². The molecule has 0 unspecified atom stereocenters. The van der Waals surface area contributed by atoms with Crippen molar-refractivity contribution >= 4 is 6.16 Å². The van der Waals surface area contributed by atoms with Crippen LogP contribution in [0.15, 0.2) is 42.5 Å². The number of rotatable bonds is 1. The number of carbonyl (C=O) groups is 1. The van der Waals surface area contributed by atoms with Crippen LogP contribution in [0.3, 0.4) is 0 Å². The summed E-state index contributed by atoms with van der Waals surface area (Å²) in [6.07, 6.45) is 0.109. The van der Waals surface area contributed by atoms with E-state index < -0.39 is 6.16 Å². The molecule has 0 aliphatic heterocycles. The van der Waals surface area contributed by atoms with E-state index in [1.807, 2.05) is 24.3 Å². The summed E-state index contributed by atoms with van der Waals surface area (Å²) >= 11 is 0. The minimum Gasteiger partial charge on any atom is -0.437 e. The molecule has 3 nitrogen and oxygen atoms in total. The third kappa shape index (κ3) is 1.64. The molecule has 2 aromatic rings. The van der Waals surface area contributed by atoms with Gasteiger partial charge in [-0.25, -0.2) is 4.79 Å². The fourth-order valence-electron chi connectivity index (χ4n) is 2.36. The fourth-order valence-corrected chi connectivity index (χ4v) is 2.36. The molecule has 1 aliphatic carbocycles. The van der Waals surface area contributed by atoms with Crippen molar-refractivity contribution in [2.75, 3.05) is 7.11 Å². The third-order valence-electron chi connectivity index (χ3n) is 3.17. The standard InChI is InChI=1S/C15H12O3/c1-17-15(16)18-14-8-4-7-12-11-6-3-2-5-10(11)9-13(12)14/h2-8H,9H2,1H3. The Morgan fingerprint density at radius 1 is 1.06 bits per heavy atom. The van der Waals surface area contributed by atoms with Crippen molar-refractivity contribution < 1.29 is 14.3 Å². The molecule has 0 aromatic heterocycles. The van der Waals surface area contributed by atoms with Crippen molar-refractivity contribution in [3.05, 3.63) is 53.6 Å². The van der Waals surface area contributed by atoms with E-state index in [9.17, 15) is 4.79 Å². The van der Waals surface area contributed by atoms with E-state index in [0.29, 0.717) is 5.75 Å². The van der Waals surface area contributed by atoms with E-state index in [2.05, 4.69) is 16.9 Å². The second-order valence-corrected chi connectivity index (χ2v) is 4.17. The quantitative estimate of drug-likeness (QED) is 0.483. The summed E-state index contributed by atoms with van der Waals surface area (Å²) in [5.41, 5.74) is 4.65. The van der Waals surface area contributed by atoms with Gasteiger partial charge in [0.1, 0.15) is 5.75 Å². The van der Waals surface area contributed by atoms with Crippen molar-refractivity contribution in [1.29, 1.82) is 0 Å². The van der Waals surface area contributed by atoms with Gasteiger partial charge >= 0.3 is 6.16 Å². The van der Waals surface area contributed by atoms with Crippen LogP contribution in [-0.2, 0) is 11.2 Å². The summed E-state index contributed by atoms with van der Waals surface area (Å²) in [5, 5.41) is 0. The Labute approximate surface area is 105 Å². The van der Waals surface area contributed by atoms with Crippen molar-refractivity contribution in [2.24, 2.45) is 0 Å². The minimum atomic E-state index is -0.681. The highest BCUT2D eigenvalue weighted by Crippen LogP contribution is 2.40. The van der Waals surface area contributed by atoms with Gasteiger partial charge < -0.3 is 9.47 Å². The SMILES string of the molecule is COC(=O)Oc1cccc2c1Cc1ccccc1-2. The molecule has 0 bridgehead atoms. The molecule has 0 fully saturated rings. The Kier molecular flexibility index (Phi) is 2.52.